The van der Waals surface area contributed by atoms with Crippen LogP contribution >= 0.6 is 0 Å². The van der Waals surface area contributed by atoms with E-state index in [0.29, 0.717) is 32.7 Å². The number of oxime groups is 1. The first-order valence-corrected chi connectivity index (χ1v) is 7.01. The number of carbonyl (C=O) groups is 1. The molecule has 1 aromatic carbocycles. The van der Waals surface area contributed by atoms with Crippen molar-refractivity contribution in [2.75, 3.05) is 33.4 Å². The Balaban J connectivity index is 1.62. The van der Waals surface area contributed by atoms with Crippen LogP contribution in [-0.2, 0) is 14.4 Å². The average molecular weight is 290 g/mol. The van der Waals surface area contributed by atoms with Crippen molar-refractivity contribution in [2.45, 2.75) is 12.5 Å². The highest BCUT2D eigenvalue weighted by molar-refractivity contribution is 6.04. The highest BCUT2D eigenvalue weighted by Crippen LogP contribution is 2.20. The molecular weight excluding hydrogens is 272 g/mol. The van der Waals surface area contributed by atoms with E-state index in [1.54, 1.807) is 12.0 Å². The van der Waals surface area contributed by atoms with Gasteiger partial charge in [-0.3, -0.25) is 4.79 Å². The Morgan fingerprint density at radius 2 is 2.00 bits per heavy atom. The van der Waals surface area contributed by atoms with Gasteiger partial charge in [0.05, 0.1) is 26.0 Å². The molecule has 1 aromatic rings. The molecule has 0 aliphatic carbocycles. The smallest absolute Gasteiger partial charge is 0.267 e. The molecule has 0 bridgehead atoms. The molecule has 1 atom stereocenters. The van der Waals surface area contributed by atoms with Crippen molar-refractivity contribution in [3.8, 4) is 5.75 Å². The maximum absolute atomic E-state index is 12.3. The van der Waals surface area contributed by atoms with Crippen LogP contribution in [0.3, 0.4) is 0 Å². The minimum absolute atomic E-state index is 0.00874. The number of ether oxygens (including phenoxy) is 2. The minimum Gasteiger partial charge on any atom is -0.497 e. The predicted octanol–water partition coefficient (Wildman–Crippen LogP) is 1.05. The molecule has 2 heterocycles. The van der Waals surface area contributed by atoms with E-state index in [2.05, 4.69) is 5.16 Å². The molecule has 3 rings (SSSR count). The van der Waals surface area contributed by atoms with E-state index >= 15 is 0 Å². The van der Waals surface area contributed by atoms with Gasteiger partial charge in [0, 0.05) is 19.5 Å². The fourth-order valence-electron chi connectivity index (χ4n) is 2.45. The third-order valence-electron chi connectivity index (χ3n) is 3.69. The van der Waals surface area contributed by atoms with Crippen LogP contribution in [0.25, 0.3) is 0 Å². The highest BCUT2D eigenvalue weighted by Gasteiger charge is 2.32. The molecule has 0 N–H and O–H groups in total. The van der Waals surface area contributed by atoms with E-state index in [4.69, 9.17) is 14.3 Å². The first-order valence-electron chi connectivity index (χ1n) is 7.01. The second-order valence-electron chi connectivity index (χ2n) is 5.00. The van der Waals surface area contributed by atoms with Gasteiger partial charge in [-0.2, -0.15) is 0 Å². The number of methoxy groups -OCH3 is 1. The average Bonchev–Trinajstić information content (AvgIpc) is 3.05. The van der Waals surface area contributed by atoms with Gasteiger partial charge in [-0.15, -0.1) is 0 Å². The van der Waals surface area contributed by atoms with Gasteiger partial charge >= 0.3 is 0 Å². The minimum atomic E-state index is -0.514. The molecule has 0 unspecified atom stereocenters. The van der Waals surface area contributed by atoms with Crippen LogP contribution in [0.4, 0.5) is 0 Å². The van der Waals surface area contributed by atoms with Gasteiger partial charge in [-0.25, -0.2) is 0 Å². The molecule has 0 saturated carbocycles. The molecule has 0 spiro atoms. The zero-order chi connectivity index (χ0) is 14.7. The lowest BCUT2D eigenvalue weighted by atomic mass is 10.0. The Labute approximate surface area is 123 Å². The van der Waals surface area contributed by atoms with Gasteiger partial charge in [0.25, 0.3) is 5.91 Å². The fraction of sp³-hybridized carbons (Fsp3) is 0.467. The van der Waals surface area contributed by atoms with Gasteiger partial charge in [-0.1, -0.05) is 5.16 Å². The highest BCUT2D eigenvalue weighted by atomic mass is 16.6. The summed E-state index contributed by atoms with van der Waals surface area (Å²) >= 11 is 0. The molecule has 1 amide bonds. The quantitative estimate of drug-likeness (QED) is 0.835. The van der Waals surface area contributed by atoms with Crippen molar-refractivity contribution >= 4 is 11.6 Å². The summed E-state index contributed by atoms with van der Waals surface area (Å²) in [6.07, 6.45) is -0.0112. The fourth-order valence-corrected chi connectivity index (χ4v) is 2.45. The molecule has 112 valence electrons. The number of amides is 1. The molecule has 0 radical (unpaired) electrons. The molecule has 21 heavy (non-hydrogen) atoms. The van der Waals surface area contributed by atoms with Crippen molar-refractivity contribution in [3.05, 3.63) is 29.8 Å². The molecular formula is C15H18N2O4. The SMILES string of the molecule is COc1ccc(C2=NO[C@@H](C(=O)N3CCOCC3)C2)cc1. The van der Waals surface area contributed by atoms with Crippen LogP contribution in [0.5, 0.6) is 5.75 Å². The Bertz CT molecular complexity index is 535. The van der Waals surface area contributed by atoms with Crippen molar-refractivity contribution < 1.29 is 19.1 Å². The molecule has 0 aromatic heterocycles. The van der Waals surface area contributed by atoms with E-state index in [9.17, 15) is 4.79 Å². The van der Waals surface area contributed by atoms with Crippen LogP contribution in [0.15, 0.2) is 29.4 Å². The summed E-state index contributed by atoms with van der Waals surface area (Å²) in [6.45, 7) is 2.42. The number of hydrogen-bond acceptors (Lipinski definition) is 5. The summed E-state index contributed by atoms with van der Waals surface area (Å²) in [6, 6.07) is 7.58. The molecule has 2 aliphatic heterocycles. The summed E-state index contributed by atoms with van der Waals surface area (Å²) in [5.41, 5.74) is 1.75. The second kappa shape index (κ2) is 6.13. The van der Waals surface area contributed by atoms with Crippen LogP contribution in [-0.4, -0.2) is 56.0 Å². The molecule has 2 aliphatic rings. The van der Waals surface area contributed by atoms with Crippen LogP contribution in [0.2, 0.25) is 0 Å². The van der Waals surface area contributed by atoms with Gasteiger partial charge < -0.3 is 19.2 Å². The summed E-state index contributed by atoms with van der Waals surface area (Å²) in [7, 11) is 1.63. The van der Waals surface area contributed by atoms with E-state index in [1.165, 1.54) is 0 Å². The standard InChI is InChI=1S/C15H18N2O4/c1-19-12-4-2-11(3-5-12)13-10-14(21-16-13)15(18)17-6-8-20-9-7-17/h2-5,14H,6-10H2,1H3/t14-/m1/s1. The Morgan fingerprint density at radius 3 is 2.67 bits per heavy atom. The van der Waals surface area contributed by atoms with E-state index in [-0.39, 0.29) is 5.91 Å². The summed E-state index contributed by atoms with van der Waals surface area (Å²) in [5.74, 6) is 0.782. The lowest BCUT2D eigenvalue weighted by Crippen LogP contribution is -2.45. The zero-order valence-electron chi connectivity index (χ0n) is 11.9. The number of rotatable bonds is 3. The molecule has 1 fully saturated rings. The van der Waals surface area contributed by atoms with Crippen molar-refractivity contribution in [2.24, 2.45) is 5.16 Å². The third kappa shape index (κ3) is 3.00. The van der Waals surface area contributed by atoms with Crippen LogP contribution < -0.4 is 4.74 Å². The maximum atomic E-state index is 12.3. The number of morpholine rings is 1. The first kappa shape index (κ1) is 13.9. The Hall–Kier alpha value is -2.08. The Kier molecular flexibility index (Phi) is 4.06. The normalized spacial score (nSPS) is 21.7. The van der Waals surface area contributed by atoms with Gasteiger partial charge in [0.2, 0.25) is 6.10 Å². The second-order valence-corrected chi connectivity index (χ2v) is 5.00. The van der Waals surface area contributed by atoms with Crippen molar-refractivity contribution in [3.63, 3.8) is 0 Å². The lowest BCUT2D eigenvalue weighted by molar-refractivity contribution is -0.146. The van der Waals surface area contributed by atoms with Gasteiger partial charge in [-0.05, 0) is 29.8 Å². The van der Waals surface area contributed by atoms with Crippen molar-refractivity contribution in [1.29, 1.82) is 0 Å². The van der Waals surface area contributed by atoms with Gasteiger partial charge in [0.15, 0.2) is 0 Å². The van der Waals surface area contributed by atoms with Gasteiger partial charge in [0.1, 0.15) is 5.75 Å². The lowest BCUT2D eigenvalue weighted by Gasteiger charge is -2.28. The number of hydrogen-bond donors (Lipinski definition) is 0. The summed E-state index contributed by atoms with van der Waals surface area (Å²) in [5, 5.41) is 4.06. The third-order valence-corrected chi connectivity index (χ3v) is 3.69. The number of benzene rings is 1. The molecule has 6 heteroatoms. The number of carbonyl (C=O) groups excluding carboxylic acids is 1. The molecule has 1 saturated heterocycles. The first-order chi connectivity index (χ1) is 10.3. The maximum Gasteiger partial charge on any atom is 0.267 e. The largest absolute Gasteiger partial charge is 0.497 e. The zero-order valence-corrected chi connectivity index (χ0v) is 11.9. The van der Waals surface area contributed by atoms with E-state index < -0.39 is 6.10 Å². The van der Waals surface area contributed by atoms with E-state index in [0.717, 1.165) is 17.0 Å². The topological polar surface area (TPSA) is 60.4 Å². The Morgan fingerprint density at radius 1 is 1.29 bits per heavy atom. The van der Waals surface area contributed by atoms with Crippen molar-refractivity contribution in [1.82, 2.24) is 4.90 Å². The van der Waals surface area contributed by atoms with Crippen LogP contribution in [0, 0.1) is 0 Å². The summed E-state index contributed by atoms with van der Waals surface area (Å²) in [4.78, 5) is 19.4. The predicted molar refractivity (Wildman–Crippen MR) is 76.4 cm³/mol. The number of nitrogens with zero attached hydrogens (tertiary/aromatic N) is 2. The van der Waals surface area contributed by atoms with Crippen LogP contribution in [0.1, 0.15) is 12.0 Å². The summed E-state index contributed by atoms with van der Waals surface area (Å²) < 4.78 is 10.4. The monoisotopic (exact) mass is 290 g/mol. The van der Waals surface area contributed by atoms with E-state index in [1.807, 2.05) is 24.3 Å². The molecule has 6 nitrogen and oxygen atoms in total.